The highest BCUT2D eigenvalue weighted by molar-refractivity contribution is 5.94. The van der Waals surface area contributed by atoms with Gasteiger partial charge in [-0.05, 0) is 65.9 Å². The number of hydrogen-bond donors (Lipinski definition) is 1. The van der Waals surface area contributed by atoms with Gasteiger partial charge in [0.1, 0.15) is 11.4 Å². The summed E-state index contributed by atoms with van der Waals surface area (Å²) in [5, 5.41) is 2.89. The Kier molecular flexibility index (Phi) is 6.32. The number of amides is 1. The first kappa shape index (κ1) is 21.7. The first-order valence-electron chi connectivity index (χ1n) is 10.5. The van der Waals surface area contributed by atoms with Crippen LogP contribution in [-0.4, -0.2) is 25.6 Å². The molecule has 1 heterocycles. The van der Waals surface area contributed by atoms with Gasteiger partial charge in [-0.15, -0.1) is 0 Å². The molecular formula is C26H24FNO4. The maximum atomic E-state index is 13.4. The fourth-order valence-corrected chi connectivity index (χ4v) is 4.03. The van der Waals surface area contributed by atoms with Crippen molar-refractivity contribution in [1.29, 1.82) is 0 Å². The van der Waals surface area contributed by atoms with Gasteiger partial charge in [-0.3, -0.25) is 4.79 Å². The predicted octanol–water partition coefficient (Wildman–Crippen LogP) is 4.60. The van der Waals surface area contributed by atoms with E-state index in [1.54, 1.807) is 48.5 Å². The summed E-state index contributed by atoms with van der Waals surface area (Å²) in [5.41, 5.74) is 3.09. The number of rotatable bonds is 6. The van der Waals surface area contributed by atoms with Crippen LogP contribution in [0.15, 0.2) is 72.8 Å². The average Bonchev–Trinajstić information content (AvgIpc) is 3.34. The number of halogens is 1. The van der Waals surface area contributed by atoms with E-state index in [1.807, 2.05) is 12.1 Å². The molecular weight excluding hydrogens is 409 g/mol. The first-order valence-corrected chi connectivity index (χ1v) is 10.5. The highest BCUT2D eigenvalue weighted by Crippen LogP contribution is 2.42. The van der Waals surface area contributed by atoms with Crippen molar-refractivity contribution in [2.45, 2.75) is 25.0 Å². The molecule has 3 aromatic rings. The monoisotopic (exact) mass is 433 g/mol. The molecule has 0 aliphatic carbocycles. The minimum atomic E-state index is -0.621. The van der Waals surface area contributed by atoms with Crippen LogP contribution in [0.5, 0.6) is 0 Å². The van der Waals surface area contributed by atoms with Crippen molar-refractivity contribution in [2.24, 2.45) is 0 Å². The summed E-state index contributed by atoms with van der Waals surface area (Å²) < 4.78 is 24.2. The third kappa shape index (κ3) is 4.41. The number of esters is 1. The summed E-state index contributed by atoms with van der Waals surface area (Å²) in [5.74, 6) is -0.879. The van der Waals surface area contributed by atoms with Crippen LogP contribution in [-0.2, 0) is 21.6 Å². The van der Waals surface area contributed by atoms with Crippen molar-refractivity contribution in [1.82, 2.24) is 5.32 Å². The van der Waals surface area contributed by atoms with Gasteiger partial charge in [0.05, 0.1) is 12.7 Å². The summed E-state index contributed by atoms with van der Waals surface area (Å²) in [7, 11) is 1.34. The Bertz CT molecular complexity index is 1090. The SMILES string of the molecule is COC(=O)c1ccc(CNC(=O)c2ccc(C3(c4ccc(F)cc4)CCCO3)cc2)cc1. The fourth-order valence-electron chi connectivity index (χ4n) is 4.03. The molecule has 164 valence electrons. The second kappa shape index (κ2) is 9.32. The topological polar surface area (TPSA) is 64.6 Å². The number of methoxy groups -OCH3 is 1. The lowest BCUT2D eigenvalue weighted by molar-refractivity contribution is 0.0359. The van der Waals surface area contributed by atoms with Crippen LogP contribution in [0.4, 0.5) is 4.39 Å². The molecule has 6 heteroatoms. The number of nitrogens with one attached hydrogen (secondary N) is 1. The summed E-state index contributed by atoms with van der Waals surface area (Å²) in [6, 6.07) is 20.6. The lowest BCUT2D eigenvalue weighted by Gasteiger charge is -2.30. The Labute approximate surface area is 186 Å². The summed E-state index contributed by atoms with van der Waals surface area (Å²) in [6.45, 7) is 0.971. The van der Waals surface area contributed by atoms with E-state index in [-0.39, 0.29) is 11.7 Å². The second-order valence-electron chi connectivity index (χ2n) is 7.73. The smallest absolute Gasteiger partial charge is 0.337 e. The molecule has 1 atom stereocenters. The Morgan fingerprint density at radius 1 is 0.938 bits per heavy atom. The third-order valence-corrected chi connectivity index (χ3v) is 5.77. The van der Waals surface area contributed by atoms with E-state index < -0.39 is 11.6 Å². The standard InChI is InChI=1S/C26H24FNO4/c1-31-25(30)20-5-3-18(4-6-20)17-28-24(29)19-7-9-21(10-8-19)26(15-2-16-32-26)22-11-13-23(27)14-12-22/h3-14H,2,15-17H2,1H3,(H,28,29). The van der Waals surface area contributed by atoms with E-state index in [0.29, 0.717) is 24.3 Å². The molecule has 1 aliphatic rings. The lowest BCUT2D eigenvalue weighted by atomic mass is 9.83. The zero-order chi connectivity index (χ0) is 22.6. The summed E-state index contributed by atoms with van der Waals surface area (Å²) in [6.07, 6.45) is 1.71. The Hall–Kier alpha value is -3.51. The highest BCUT2D eigenvalue weighted by atomic mass is 19.1. The van der Waals surface area contributed by atoms with Crippen molar-refractivity contribution in [3.05, 3.63) is 106 Å². The predicted molar refractivity (Wildman–Crippen MR) is 118 cm³/mol. The largest absolute Gasteiger partial charge is 0.465 e. The highest BCUT2D eigenvalue weighted by Gasteiger charge is 2.38. The zero-order valence-corrected chi connectivity index (χ0v) is 17.8. The van der Waals surface area contributed by atoms with Gasteiger partial charge in [-0.2, -0.15) is 0 Å². The molecule has 1 saturated heterocycles. The van der Waals surface area contributed by atoms with Gasteiger partial charge in [-0.25, -0.2) is 9.18 Å². The number of ether oxygens (including phenoxy) is 2. The van der Waals surface area contributed by atoms with Crippen molar-refractivity contribution in [3.8, 4) is 0 Å². The van der Waals surface area contributed by atoms with Gasteiger partial charge in [-0.1, -0.05) is 36.4 Å². The van der Waals surface area contributed by atoms with Gasteiger partial charge >= 0.3 is 5.97 Å². The van der Waals surface area contributed by atoms with Gasteiger partial charge in [0, 0.05) is 18.7 Å². The third-order valence-electron chi connectivity index (χ3n) is 5.77. The molecule has 1 aliphatic heterocycles. The van der Waals surface area contributed by atoms with Crippen molar-refractivity contribution in [2.75, 3.05) is 13.7 Å². The van der Waals surface area contributed by atoms with Gasteiger partial charge in [0.15, 0.2) is 0 Å². The molecule has 32 heavy (non-hydrogen) atoms. The van der Waals surface area contributed by atoms with Crippen LogP contribution in [0, 0.1) is 5.82 Å². The van der Waals surface area contributed by atoms with Gasteiger partial charge in [0.25, 0.3) is 5.91 Å². The maximum absolute atomic E-state index is 13.4. The number of benzene rings is 3. The first-order chi connectivity index (χ1) is 15.5. The molecule has 0 bridgehead atoms. The van der Waals surface area contributed by atoms with Crippen molar-refractivity contribution < 1.29 is 23.5 Å². The molecule has 1 N–H and O–H groups in total. The summed E-state index contributed by atoms with van der Waals surface area (Å²) in [4.78, 5) is 24.1. The Balaban J connectivity index is 1.45. The minimum Gasteiger partial charge on any atom is -0.465 e. The molecule has 0 aromatic heterocycles. The van der Waals surface area contributed by atoms with Gasteiger partial charge < -0.3 is 14.8 Å². The maximum Gasteiger partial charge on any atom is 0.337 e. The second-order valence-corrected chi connectivity index (χ2v) is 7.73. The molecule has 5 nitrogen and oxygen atoms in total. The average molecular weight is 433 g/mol. The number of carbonyl (C=O) groups excluding carboxylic acids is 2. The molecule has 0 radical (unpaired) electrons. The molecule has 0 spiro atoms. The van der Waals surface area contributed by atoms with Crippen molar-refractivity contribution >= 4 is 11.9 Å². The van der Waals surface area contributed by atoms with E-state index in [2.05, 4.69) is 10.1 Å². The molecule has 4 rings (SSSR count). The van der Waals surface area contributed by atoms with E-state index in [0.717, 1.165) is 29.5 Å². The molecule has 0 saturated carbocycles. The van der Waals surface area contributed by atoms with E-state index in [9.17, 15) is 14.0 Å². The summed E-state index contributed by atoms with van der Waals surface area (Å²) >= 11 is 0. The number of carbonyl (C=O) groups is 2. The fraction of sp³-hybridized carbons (Fsp3) is 0.231. The van der Waals surface area contributed by atoms with Gasteiger partial charge in [0.2, 0.25) is 0 Å². The molecule has 1 fully saturated rings. The number of hydrogen-bond acceptors (Lipinski definition) is 4. The van der Waals surface area contributed by atoms with Crippen LogP contribution in [0.3, 0.4) is 0 Å². The Morgan fingerprint density at radius 3 is 2.09 bits per heavy atom. The quantitative estimate of drug-likeness (QED) is 0.578. The van der Waals surface area contributed by atoms with Crippen LogP contribution < -0.4 is 5.32 Å². The molecule has 3 aromatic carbocycles. The van der Waals surface area contributed by atoms with E-state index >= 15 is 0 Å². The zero-order valence-electron chi connectivity index (χ0n) is 17.8. The molecule has 1 amide bonds. The minimum absolute atomic E-state index is 0.197. The molecule has 1 unspecified atom stereocenters. The van der Waals surface area contributed by atoms with Crippen LogP contribution in [0.1, 0.15) is 50.2 Å². The van der Waals surface area contributed by atoms with E-state index in [4.69, 9.17) is 4.74 Å². The Morgan fingerprint density at radius 2 is 1.53 bits per heavy atom. The van der Waals surface area contributed by atoms with E-state index in [1.165, 1.54) is 19.2 Å². The van der Waals surface area contributed by atoms with Crippen LogP contribution in [0.25, 0.3) is 0 Å². The van der Waals surface area contributed by atoms with Crippen LogP contribution in [0.2, 0.25) is 0 Å². The van der Waals surface area contributed by atoms with Crippen LogP contribution >= 0.6 is 0 Å². The van der Waals surface area contributed by atoms with Crippen molar-refractivity contribution in [3.63, 3.8) is 0 Å². The lowest BCUT2D eigenvalue weighted by Crippen LogP contribution is -2.27. The normalized spacial score (nSPS) is 17.7.